The predicted molar refractivity (Wildman–Crippen MR) is 133 cm³/mol. The summed E-state index contributed by atoms with van der Waals surface area (Å²) in [6.45, 7) is 13.2. The molecule has 3 heterocycles. The molecule has 2 aliphatic carbocycles. The number of hydrogen-bond donors (Lipinski definition) is 0. The topological polar surface area (TPSA) is 35.5 Å². The summed E-state index contributed by atoms with van der Waals surface area (Å²) >= 11 is 0. The molecule has 0 saturated carbocycles. The first-order valence-electron chi connectivity index (χ1n) is 13.0. The molecular weight excluding hydrogens is 408 g/mol. The Hall–Kier alpha value is -1.87. The smallest absolute Gasteiger partial charge is 0.315 e. The highest BCUT2D eigenvalue weighted by Crippen LogP contribution is 2.67. The first-order chi connectivity index (χ1) is 15.8. The number of rotatable bonds is 1. The van der Waals surface area contributed by atoms with Gasteiger partial charge in [0, 0.05) is 18.3 Å². The summed E-state index contributed by atoms with van der Waals surface area (Å²) < 4.78 is 13.4. The van der Waals surface area contributed by atoms with E-state index in [1.54, 1.807) is 0 Å². The molecule has 0 N–H and O–H groups in total. The van der Waals surface area contributed by atoms with Gasteiger partial charge >= 0.3 is 5.97 Å². The van der Waals surface area contributed by atoms with E-state index in [9.17, 15) is 4.79 Å². The number of esters is 1. The second kappa shape index (κ2) is 8.41. The van der Waals surface area contributed by atoms with Gasteiger partial charge in [-0.05, 0) is 84.6 Å². The first-order valence-corrected chi connectivity index (χ1v) is 13.0. The SMILES string of the molecule is C=C(C)C1CC/C(C)=C\CC[C@]23C(=O)O[C@H]1C2[C@@]12C=C(CC/C=C(\C)CC/C=C(\C)C1)[C@@H]3O2. The van der Waals surface area contributed by atoms with Gasteiger partial charge in [0.1, 0.15) is 11.5 Å². The van der Waals surface area contributed by atoms with E-state index in [1.807, 2.05) is 0 Å². The molecule has 0 amide bonds. The number of allylic oxidation sites excluding steroid dienone is 5. The highest BCUT2D eigenvalue weighted by atomic mass is 16.6. The van der Waals surface area contributed by atoms with Gasteiger partial charge in [-0.3, -0.25) is 4.79 Å². The molecule has 2 saturated heterocycles. The van der Waals surface area contributed by atoms with Gasteiger partial charge in [0.25, 0.3) is 0 Å². The van der Waals surface area contributed by atoms with Crippen LogP contribution in [-0.4, -0.2) is 23.8 Å². The largest absolute Gasteiger partial charge is 0.461 e. The molecule has 33 heavy (non-hydrogen) atoms. The molecule has 0 radical (unpaired) electrons. The van der Waals surface area contributed by atoms with Gasteiger partial charge in [-0.15, -0.1) is 0 Å². The van der Waals surface area contributed by atoms with E-state index in [4.69, 9.17) is 9.47 Å². The summed E-state index contributed by atoms with van der Waals surface area (Å²) in [5.74, 6) is 0.214. The number of hydrogen-bond acceptors (Lipinski definition) is 3. The lowest BCUT2D eigenvalue weighted by atomic mass is 9.56. The summed E-state index contributed by atoms with van der Waals surface area (Å²) in [6.07, 6.45) is 18.0. The highest BCUT2D eigenvalue weighted by Gasteiger charge is 2.76. The van der Waals surface area contributed by atoms with Crippen molar-refractivity contribution >= 4 is 5.97 Å². The molecule has 5 rings (SSSR count). The first kappa shape index (κ1) is 22.9. The molecule has 178 valence electrons. The van der Waals surface area contributed by atoms with Crippen LogP contribution >= 0.6 is 0 Å². The molecule has 3 aliphatic heterocycles. The van der Waals surface area contributed by atoms with Crippen molar-refractivity contribution in [2.24, 2.45) is 17.3 Å². The normalized spacial score (nSPS) is 45.6. The fraction of sp³-hybridized carbons (Fsp3) is 0.633. The minimum atomic E-state index is -0.570. The van der Waals surface area contributed by atoms with Crippen molar-refractivity contribution in [1.29, 1.82) is 0 Å². The molecule has 1 spiro atoms. The van der Waals surface area contributed by atoms with Gasteiger partial charge in [-0.1, -0.05) is 53.2 Å². The van der Waals surface area contributed by atoms with Crippen LogP contribution in [0.4, 0.5) is 0 Å². The van der Waals surface area contributed by atoms with Crippen LogP contribution in [-0.2, 0) is 14.3 Å². The van der Waals surface area contributed by atoms with Gasteiger partial charge in [-0.25, -0.2) is 0 Å². The maximum Gasteiger partial charge on any atom is 0.315 e. The maximum atomic E-state index is 13.9. The maximum absolute atomic E-state index is 13.9. The molecule has 3 nitrogen and oxygen atoms in total. The lowest BCUT2D eigenvalue weighted by Crippen LogP contribution is -2.49. The summed E-state index contributed by atoms with van der Waals surface area (Å²) in [5.41, 5.74) is 5.68. The Labute approximate surface area is 199 Å². The van der Waals surface area contributed by atoms with Crippen molar-refractivity contribution in [3.63, 3.8) is 0 Å². The van der Waals surface area contributed by atoms with Crippen molar-refractivity contribution in [3.05, 3.63) is 58.7 Å². The van der Waals surface area contributed by atoms with E-state index in [0.29, 0.717) is 0 Å². The third-order valence-electron chi connectivity index (χ3n) is 9.05. The van der Waals surface area contributed by atoms with Crippen LogP contribution in [0, 0.1) is 17.3 Å². The Bertz CT molecular complexity index is 979. The number of carbonyl (C=O) groups is 1. The molecule has 6 atom stereocenters. The third kappa shape index (κ3) is 3.62. The second-order valence-corrected chi connectivity index (χ2v) is 11.5. The Balaban J connectivity index is 1.65. The van der Waals surface area contributed by atoms with E-state index in [2.05, 4.69) is 58.6 Å². The van der Waals surface area contributed by atoms with Crippen LogP contribution in [0.5, 0.6) is 0 Å². The zero-order chi connectivity index (χ0) is 23.4. The molecule has 3 heteroatoms. The van der Waals surface area contributed by atoms with Crippen LogP contribution in [0.25, 0.3) is 0 Å². The molecule has 0 aromatic rings. The number of fused-ring (bicyclic) bond motifs is 2. The Morgan fingerprint density at radius 2 is 1.70 bits per heavy atom. The lowest BCUT2D eigenvalue weighted by Gasteiger charge is -2.41. The molecule has 2 fully saturated rings. The Kier molecular flexibility index (Phi) is 5.84. The van der Waals surface area contributed by atoms with Gasteiger partial charge in [-0.2, -0.15) is 0 Å². The second-order valence-electron chi connectivity index (χ2n) is 11.5. The highest BCUT2D eigenvalue weighted by molar-refractivity contribution is 5.83. The van der Waals surface area contributed by atoms with E-state index in [0.717, 1.165) is 63.4 Å². The number of ether oxygens (including phenoxy) is 2. The van der Waals surface area contributed by atoms with E-state index >= 15 is 0 Å². The van der Waals surface area contributed by atoms with E-state index in [-0.39, 0.29) is 30.0 Å². The van der Waals surface area contributed by atoms with Gasteiger partial charge in [0.2, 0.25) is 0 Å². The number of carbonyl (C=O) groups excluding carboxylic acids is 1. The monoisotopic (exact) mass is 448 g/mol. The zero-order valence-electron chi connectivity index (χ0n) is 20.9. The predicted octanol–water partition coefficient (Wildman–Crippen LogP) is 7.16. The quantitative estimate of drug-likeness (QED) is 0.315. The fourth-order valence-corrected chi connectivity index (χ4v) is 7.51. The Morgan fingerprint density at radius 1 is 1.00 bits per heavy atom. The van der Waals surface area contributed by atoms with Crippen molar-refractivity contribution in [3.8, 4) is 0 Å². The lowest BCUT2D eigenvalue weighted by molar-refractivity contribution is -0.155. The zero-order valence-corrected chi connectivity index (χ0v) is 20.9. The van der Waals surface area contributed by atoms with Gasteiger partial charge < -0.3 is 9.47 Å². The molecule has 5 aliphatic rings. The summed E-state index contributed by atoms with van der Waals surface area (Å²) in [4.78, 5) is 13.9. The van der Waals surface area contributed by atoms with Crippen LogP contribution in [0.1, 0.15) is 85.5 Å². The van der Waals surface area contributed by atoms with Crippen molar-refractivity contribution in [2.75, 3.05) is 0 Å². The van der Waals surface area contributed by atoms with Crippen molar-refractivity contribution < 1.29 is 14.3 Å². The van der Waals surface area contributed by atoms with Crippen LogP contribution < -0.4 is 0 Å². The summed E-state index contributed by atoms with van der Waals surface area (Å²) in [7, 11) is 0. The van der Waals surface area contributed by atoms with Crippen LogP contribution in [0.2, 0.25) is 0 Å². The molecule has 5 bridgehead atoms. The van der Waals surface area contributed by atoms with Gasteiger partial charge in [0.05, 0.1) is 11.7 Å². The molecular formula is C30H40O3. The van der Waals surface area contributed by atoms with Crippen molar-refractivity contribution in [1.82, 2.24) is 0 Å². The molecule has 2 unspecified atom stereocenters. The average molecular weight is 449 g/mol. The average Bonchev–Trinajstić information content (AvgIpc) is 3.33. The fourth-order valence-electron chi connectivity index (χ4n) is 7.51. The van der Waals surface area contributed by atoms with Crippen LogP contribution in [0.3, 0.4) is 0 Å². The standard InChI is InChI=1S/C30H40O3/c1-19(2)24-15-14-21(4)12-8-16-30-26(25(24)32-28(30)31)29-17-22(5)11-6-9-20(3)10-7-13-23(18-29)27(30)33-29/h10-12,18,24-27H,1,6-9,13-17H2,2-5H3/b20-10+,21-12-,22-11+/t24?,25-,26?,27+,29+,30+/m1/s1. The minimum absolute atomic E-state index is 0.0189. The summed E-state index contributed by atoms with van der Waals surface area (Å²) in [6, 6.07) is 0. The Morgan fingerprint density at radius 3 is 2.48 bits per heavy atom. The van der Waals surface area contributed by atoms with Crippen molar-refractivity contribution in [2.45, 2.75) is 103 Å². The minimum Gasteiger partial charge on any atom is -0.461 e. The third-order valence-corrected chi connectivity index (χ3v) is 9.05. The summed E-state index contributed by atoms with van der Waals surface area (Å²) in [5, 5.41) is 0. The van der Waals surface area contributed by atoms with E-state index < -0.39 is 11.0 Å². The van der Waals surface area contributed by atoms with Gasteiger partial charge in [0.15, 0.2) is 0 Å². The van der Waals surface area contributed by atoms with E-state index in [1.165, 1.54) is 22.3 Å². The molecule has 0 aromatic carbocycles. The van der Waals surface area contributed by atoms with Crippen LogP contribution in [0.15, 0.2) is 58.7 Å². The molecule has 0 aromatic heterocycles.